The largest absolute Gasteiger partial charge is 0.331 e. The fourth-order valence-electron chi connectivity index (χ4n) is 1.18. The van der Waals surface area contributed by atoms with Gasteiger partial charge in [-0.2, -0.15) is 0 Å². The minimum Gasteiger partial charge on any atom is -0.331 e. The summed E-state index contributed by atoms with van der Waals surface area (Å²) in [5.41, 5.74) is 0.586. The van der Waals surface area contributed by atoms with Crippen LogP contribution in [0.2, 0.25) is 0 Å². The molecule has 0 atom stereocenters. The van der Waals surface area contributed by atoms with E-state index < -0.39 is 0 Å². The highest BCUT2D eigenvalue weighted by molar-refractivity contribution is 14.1. The van der Waals surface area contributed by atoms with Gasteiger partial charge in [0.15, 0.2) is 0 Å². The first kappa shape index (κ1) is 11.6. The van der Waals surface area contributed by atoms with Gasteiger partial charge in [-0.1, -0.05) is 0 Å². The molecule has 0 unspecified atom stereocenters. The van der Waals surface area contributed by atoms with Crippen LogP contribution in [0.3, 0.4) is 0 Å². The maximum Gasteiger partial charge on any atom is 0.259 e. The van der Waals surface area contributed by atoms with Gasteiger partial charge in [0.25, 0.3) is 5.91 Å². The van der Waals surface area contributed by atoms with Gasteiger partial charge in [-0.25, -0.2) is 4.98 Å². The van der Waals surface area contributed by atoms with Gasteiger partial charge in [-0.15, -0.1) is 0 Å². The molecule has 1 amide bonds. The van der Waals surface area contributed by atoms with E-state index in [9.17, 15) is 4.79 Å². The van der Waals surface area contributed by atoms with Crippen molar-refractivity contribution in [3.05, 3.63) is 44.2 Å². The molecule has 0 spiro atoms. The highest BCUT2D eigenvalue weighted by atomic mass is 127. The molecule has 16 heavy (non-hydrogen) atoms. The van der Waals surface area contributed by atoms with Crippen molar-refractivity contribution >= 4 is 50.4 Å². The first-order valence-corrected chi connectivity index (χ1v) is 6.30. The number of benzene rings is 1. The number of hydrogen-bond donors (Lipinski definition) is 2. The van der Waals surface area contributed by atoms with Crippen LogP contribution in [0.15, 0.2) is 35.1 Å². The van der Waals surface area contributed by atoms with Gasteiger partial charge in [0, 0.05) is 20.4 Å². The van der Waals surface area contributed by atoms with E-state index in [-0.39, 0.29) is 5.91 Å². The quantitative estimate of drug-likeness (QED) is 0.773. The van der Waals surface area contributed by atoms with E-state index in [0.29, 0.717) is 11.5 Å². The first-order chi connectivity index (χ1) is 7.66. The molecule has 0 aliphatic heterocycles. The second kappa shape index (κ2) is 4.96. The maximum atomic E-state index is 11.9. The Morgan fingerprint density at radius 1 is 1.50 bits per heavy atom. The Morgan fingerprint density at radius 3 is 3.00 bits per heavy atom. The molecule has 6 heteroatoms. The van der Waals surface area contributed by atoms with Crippen LogP contribution < -0.4 is 5.32 Å². The Hall–Kier alpha value is -0.890. The van der Waals surface area contributed by atoms with E-state index in [1.54, 1.807) is 12.4 Å². The number of carbonyl (C=O) groups excluding carboxylic acids is 1. The number of amides is 1. The Balaban J connectivity index is 2.24. The van der Waals surface area contributed by atoms with Crippen molar-refractivity contribution in [3.63, 3.8) is 0 Å². The zero-order valence-electron chi connectivity index (χ0n) is 8.00. The summed E-state index contributed by atoms with van der Waals surface area (Å²) in [6.07, 6.45) is 3.23. The van der Waals surface area contributed by atoms with Crippen LogP contribution in [0.4, 0.5) is 5.95 Å². The maximum absolute atomic E-state index is 11.9. The van der Waals surface area contributed by atoms with Crippen molar-refractivity contribution < 1.29 is 4.79 Å². The van der Waals surface area contributed by atoms with Gasteiger partial charge in [-0.3, -0.25) is 10.1 Å². The lowest BCUT2D eigenvalue weighted by Gasteiger charge is -2.04. The first-order valence-electron chi connectivity index (χ1n) is 4.42. The second-order valence-electron chi connectivity index (χ2n) is 3.02. The Bertz CT molecular complexity index is 513. The van der Waals surface area contributed by atoms with Crippen LogP contribution in [0, 0.1) is 3.57 Å². The van der Waals surface area contributed by atoms with E-state index in [1.165, 1.54) is 0 Å². The molecule has 0 fully saturated rings. The van der Waals surface area contributed by atoms with E-state index in [2.05, 4.69) is 53.8 Å². The molecule has 82 valence electrons. The lowest BCUT2D eigenvalue weighted by Crippen LogP contribution is -2.13. The Morgan fingerprint density at radius 2 is 2.31 bits per heavy atom. The number of carbonyl (C=O) groups is 1. The van der Waals surface area contributed by atoms with Crippen molar-refractivity contribution in [1.82, 2.24) is 9.97 Å². The molecule has 1 aromatic heterocycles. The van der Waals surface area contributed by atoms with Gasteiger partial charge in [0.1, 0.15) is 0 Å². The summed E-state index contributed by atoms with van der Waals surface area (Å²) in [4.78, 5) is 18.6. The van der Waals surface area contributed by atoms with Crippen molar-refractivity contribution in [2.45, 2.75) is 0 Å². The summed E-state index contributed by atoms with van der Waals surface area (Å²) in [6.45, 7) is 0. The lowest BCUT2D eigenvalue weighted by atomic mass is 10.2. The molecule has 2 rings (SSSR count). The second-order valence-corrected chi connectivity index (χ2v) is 5.12. The predicted octanol–water partition coefficient (Wildman–Crippen LogP) is 3.03. The molecule has 1 aromatic carbocycles. The number of hydrogen-bond acceptors (Lipinski definition) is 2. The van der Waals surface area contributed by atoms with Gasteiger partial charge < -0.3 is 4.98 Å². The molecule has 0 aliphatic carbocycles. The highest BCUT2D eigenvalue weighted by Crippen LogP contribution is 2.20. The fraction of sp³-hybridized carbons (Fsp3) is 0. The molecule has 4 nitrogen and oxygen atoms in total. The molecule has 0 saturated heterocycles. The number of H-pyrrole nitrogens is 1. The number of nitrogens with zero attached hydrogens (tertiary/aromatic N) is 1. The van der Waals surface area contributed by atoms with Crippen molar-refractivity contribution in [2.24, 2.45) is 0 Å². The zero-order chi connectivity index (χ0) is 11.5. The molecule has 0 radical (unpaired) electrons. The van der Waals surface area contributed by atoms with Crippen LogP contribution in [0.5, 0.6) is 0 Å². The van der Waals surface area contributed by atoms with E-state index >= 15 is 0 Å². The average Bonchev–Trinajstić information content (AvgIpc) is 2.74. The van der Waals surface area contributed by atoms with E-state index in [1.807, 2.05) is 18.2 Å². The lowest BCUT2D eigenvalue weighted by molar-refractivity contribution is 0.102. The van der Waals surface area contributed by atoms with Gasteiger partial charge in [0.2, 0.25) is 5.95 Å². The average molecular weight is 392 g/mol. The molecular weight excluding hydrogens is 385 g/mol. The van der Waals surface area contributed by atoms with Crippen LogP contribution in [0.1, 0.15) is 10.4 Å². The summed E-state index contributed by atoms with van der Waals surface area (Å²) < 4.78 is 1.77. The van der Waals surface area contributed by atoms with Gasteiger partial charge in [-0.05, 0) is 56.7 Å². The van der Waals surface area contributed by atoms with Crippen LogP contribution in [-0.4, -0.2) is 15.9 Å². The highest BCUT2D eigenvalue weighted by Gasteiger charge is 2.11. The molecule has 0 bridgehead atoms. The summed E-state index contributed by atoms with van der Waals surface area (Å²) in [5.74, 6) is 0.246. The molecule has 0 saturated carbocycles. The molecule has 2 aromatic rings. The molecule has 1 heterocycles. The summed E-state index contributed by atoms with van der Waals surface area (Å²) in [7, 11) is 0. The molecule has 0 aliphatic rings. The van der Waals surface area contributed by atoms with Crippen molar-refractivity contribution in [3.8, 4) is 0 Å². The van der Waals surface area contributed by atoms with Crippen LogP contribution >= 0.6 is 38.5 Å². The smallest absolute Gasteiger partial charge is 0.259 e. The van der Waals surface area contributed by atoms with Gasteiger partial charge in [0.05, 0.1) is 5.56 Å². The van der Waals surface area contributed by atoms with Crippen LogP contribution in [0.25, 0.3) is 0 Å². The Labute approximate surface area is 114 Å². The SMILES string of the molecule is O=C(Nc1ncc[nH]1)c1cc(I)ccc1Br. The van der Waals surface area contributed by atoms with E-state index in [4.69, 9.17) is 0 Å². The summed E-state index contributed by atoms with van der Waals surface area (Å²) in [6, 6.07) is 5.58. The minimum absolute atomic E-state index is 0.194. The third-order valence-corrected chi connectivity index (χ3v) is 3.27. The van der Waals surface area contributed by atoms with Crippen LogP contribution in [-0.2, 0) is 0 Å². The Kier molecular flexibility index (Phi) is 3.59. The predicted molar refractivity (Wildman–Crippen MR) is 73.4 cm³/mol. The number of nitrogens with one attached hydrogen (secondary N) is 2. The van der Waals surface area contributed by atoms with E-state index in [0.717, 1.165) is 8.04 Å². The molecule has 2 N–H and O–H groups in total. The number of aromatic amines is 1. The van der Waals surface area contributed by atoms with Gasteiger partial charge >= 0.3 is 0 Å². The number of imidazole rings is 1. The summed E-state index contributed by atoms with van der Waals surface area (Å²) in [5, 5.41) is 2.67. The topological polar surface area (TPSA) is 57.8 Å². The fourth-order valence-corrected chi connectivity index (χ4v) is 2.10. The van der Waals surface area contributed by atoms with Crippen molar-refractivity contribution in [1.29, 1.82) is 0 Å². The molecular formula is C10H7BrIN3O. The monoisotopic (exact) mass is 391 g/mol. The standard InChI is InChI=1S/C10H7BrIN3O/c11-8-2-1-6(12)5-7(8)9(16)15-10-13-3-4-14-10/h1-5H,(H2,13,14,15,16). The summed E-state index contributed by atoms with van der Waals surface area (Å²) >= 11 is 5.50. The normalized spacial score (nSPS) is 10.1. The third-order valence-electron chi connectivity index (χ3n) is 1.90. The minimum atomic E-state index is -0.194. The number of aromatic nitrogens is 2. The number of rotatable bonds is 2. The third kappa shape index (κ3) is 2.62. The van der Waals surface area contributed by atoms with Crippen molar-refractivity contribution in [2.75, 3.05) is 5.32 Å². The zero-order valence-corrected chi connectivity index (χ0v) is 11.7. The number of halogens is 2. The number of anilines is 1.